The van der Waals surface area contributed by atoms with E-state index in [1.165, 1.54) is 19.3 Å². The molecule has 2 nitrogen and oxygen atoms in total. The summed E-state index contributed by atoms with van der Waals surface area (Å²) >= 11 is 0. The van der Waals surface area contributed by atoms with Gasteiger partial charge in [0.15, 0.2) is 0 Å². The van der Waals surface area contributed by atoms with Gasteiger partial charge in [-0.2, -0.15) is 5.26 Å². The van der Waals surface area contributed by atoms with Crippen LogP contribution in [-0.2, 0) is 0 Å². The van der Waals surface area contributed by atoms with Gasteiger partial charge in [-0.05, 0) is 46.1 Å². The number of hydrogen-bond donors (Lipinski definition) is 1. The second-order valence-electron chi connectivity index (χ2n) is 5.93. The highest BCUT2D eigenvalue weighted by molar-refractivity contribution is 4.91. The van der Waals surface area contributed by atoms with E-state index >= 15 is 0 Å². The Hall–Kier alpha value is -0.550. The molecule has 1 atom stereocenters. The summed E-state index contributed by atoms with van der Waals surface area (Å²) in [6, 6.07) is 2.91. The van der Waals surface area contributed by atoms with Crippen molar-refractivity contribution in [2.45, 2.75) is 66.3 Å². The van der Waals surface area contributed by atoms with E-state index in [1.807, 2.05) is 13.8 Å². The molecular weight excluding hydrogens is 196 g/mol. The normalized spacial score (nSPS) is 13.8. The van der Waals surface area contributed by atoms with Crippen molar-refractivity contribution in [1.82, 2.24) is 5.32 Å². The largest absolute Gasteiger partial charge is 0.314 e. The van der Waals surface area contributed by atoms with Gasteiger partial charge in [0.25, 0.3) is 0 Å². The average molecular weight is 224 g/mol. The van der Waals surface area contributed by atoms with Crippen LogP contribution in [0, 0.1) is 22.7 Å². The minimum Gasteiger partial charge on any atom is -0.314 e. The molecule has 0 aromatic carbocycles. The predicted octanol–water partition coefficient (Wildman–Crippen LogP) is 3.73. The number of nitrogens with zero attached hydrogens (tertiary/aromatic N) is 1. The fourth-order valence-corrected chi connectivity index (χ4v) is 1.62. The highest BCUT2D eigenvalue weighted by Gasteiger charge is 2.15. The van der Waals surface area contributed by atoms with Gasteiger partial charge in [-0.25, -0.2) is 0 Å². The third-order valence-corrected chi connectivity index (χ3v) is 2.96. The first-order chi connectivity index (χ1) is 7.37. The molecule has 0 fully saturated rings. The lowest BCUT2D eigenvalue weighted by Crippen LogP contribution is -2.29. The third kappa shape index (κ3) is 8.73. The fourth-order valence-electron chi connectivity index (χ4n) is 1.62. The summed E-state index contributed by atoms with van der Waals surface area (Å²) in [6.07, 6.45) is 4.78. The maximum absolute atomic E-state index is 8.88. The Kier molecular flexibility index (Phi) is 7.42. The highest BCUT2D eigenvalue weighted by Crippen LogP contribution is 2.17. The lowest BCUT2D eigenvalue weighted by atomic mass is 9.91. The molecule has 0 amide bonds. The van der Waals surface area contributed by atoms with E-state index in [1.54, 1.807) is 0 Å². The van der Waals surface area contributed by atoms with Crippen molar-refractivity contribution in [2.75, 3.05) is 6.54 Å². The molecule has 0 saturated carbocycles. The van der Waals surface area contributed by atoms with Crippen LogP contribution in [0.5, 0.6) is 0 Å². The molecule has 1 unspecified atom stereocenters. The van der Waals surface area contributed by atoms with Crippen LogP contribution in [-0.4, -0.2) is 12.6 Å². The fraction of sp³-hybridized carbons (Fsp3) is 0.929. The van der Waals surface area contributed by atoms with Gasteiger partial charge in [-0.1, -0.05) is 26.7 Å². The monoisotopic (exact) mass is 224 g/mol. The van der Waals surface area contributed by atoms with Crippen molar-refractivity contribution in [1.29, 1.82) is 5.26 Å². The van der Waals surface area contributed by atoms with Crippen molar-refractivity contribution in [3.8, 4) is 6.07 Å². The average Bonchev–Trinajstić information content (AvgIpc) is 2.17. The van der Waals surface area contributed by atoms with E-state index in [-0.39, 0.29) is 5.41 Å². The first-order valence-electron chi connectivity index (χ1n) is 6.52. The van der Waals surface area contributed by atoms with Crippen molar-refractivity contribution < 1.29 is 0 Å². The molecule has 0 rings (SSSR count). The van der Waals surface area contributed by atoms with Crippen LogP contribution in [0.15, 0.2) is 0 Å². The second-order valence-corrected chi connectivity index (χ2v) is 5.93. The lowest BCUT2D eigenvalue weighted by Gasteiger charge is -2.18. The zero-order valence-corrected chi connectivity index (χ0v) is 11.6. The molecule has 0 heterocycles. The SMILES string of the molecule is CC(C)CCCC(C)NCCC(C)(C)C#N. The van der Waals surface area contributed by atoms with Crippen LogP contribution >= 0.6 is 0 Å². The van der Waals surface area contributed by atoms with Crippen LogP contribution in [0.1, 0.15) is 60.3 Å². The number of hydrogen-bond acceptors (Lipinski definition) is 2. The molecule has 0 aliphatic carbocycles. The van der Waals surface area contributed by atoms with Crippen LogP contribution in [0.25, 0.3) is 0 Å². The molecule has 0 aliphatic heterocycles. The first-order valence-corrected chi connectivity index (χ1v) is 6.52. The molecular formula is C14H28N2. The molecule has 1 N–H and O–H groups in total. The Balaban J connectivity index is 3.52. The molecule has 0 saturated heterocycles. The minimum atomic E-state index is -0.190. The van der Waals surface area contributed by atoms with Gasteiger partial charge in [-0.15, -0.1) is 0 Å². The van der Waals surface area contributed by atoms with E-state index in [0.717, 1.165) is 18.9 Å². The summed E-state index contributed by atoms with van der Waals surface area (Å²) in [5.41, 5.74) is -0.190. The Bertz CT molecular complexity index is 213. The van der Waals surface area contributed by atoms with Gasteiger partial charge in [0.2, 0.25) is 0 Å². The quantitative estimate of drug-likeness (QED) is 0.682. The molecule has 2 heteroatoms. The van der Waals surface area contributed by atoms with E-state index in [9.17, 15) is 0 Å². The van der Waals surface area contributed by atoms with Gasteiger partial charge in [0.1, 0.15) is 0 Å². The van der Waals surface area contributed by atoms with Gasteiger partial charge in [0.05, 0.1) is 11.5 Å². The van der Waals surface area contributed by atoms with Crippen LogP contribution in [0.4, 0.5) is 0 Å². The Morgan fingerprint density at radius 1 is 1.19 bits per heavy atom. The van der Waals surface area contributed by atoms with Crippen LogP contribution < -0.4 is 5.32 Å². The topological polar surface area (TPSA) is 35.8 Å². The van der Waals surface area contributed by atoms with E-state index < -0.39 is 0 Å². The Labute approximate surface area is 101 Å². The van der Waals surface area contributed by atoms with Crippen molar-refractivity contribution in [2.24, 2.45) is 11.3 Å². The summed E-state index contributed by atoms with van der Waals surface area (Å²) in [5.74, 6) is 0.810. The summed E-state index contributed by atoms with van der Waals surface area (Å²) in [5, 5.41) is 12.4. The Morgan fingerprint density at radius 2 is 1.81 bits per heavy atom. The van der Waals surface area contributed by atoms with Gasteiger partial charge in [0, 0.05) is 6.04 Å². The molecule has 0 aliphatic rings. The first kappa shape index (κ1) is 15.4. The van der Waals surface area contributed by atoms with Crippen molar-refractivity contribution in [3.05, 3.63) is 0 Å². The lowest BCUT2D eigenvalue weighted by molar-refractivity contribution is 0.397. The maximum atomic E-state index is 8.88. The number of rotatable bonds is 8. The molecule has 94 valence electrons. The van der Waals surface area contributed by atoms with E-state index in [4.69, 9.17) is 5.26 Å². The molecule has 16 heavy (non-hydrogen) atoms. The summed E-state index contributed by atoms with van der Waals surface area (Å²) in [4.78, 5) is 0. The van der Waals surface area contributed by atoms with E-state index in [0.29, 0.717) is 6.04 Å². The summed E-state index contributed by atoms with van der Waals surface area (Å²) in [7, 11) is 0. The number of nitriles is 1. The molecule has 0 aromatic rings. The van der Waals surface area contributed by atoms with Gasteiger partial charge < -0.3 is 5.32 Å². The van der Waals surface area contributed by atoms with Crippen LogP contribution in [0.3, 0.4) is 0 Å². The maximum Gasteiger partial charge on any atom is 0.0684 e. The number of nitrogens with one attached hydrogen (secondary N) is 1. The standard InChI is InChI=1S/C14H28N2/c1-12(2)7-6-8-13(3)16-10-9-14(4,5)11-15/h12-13,16H,6-10H2,1-5H3. The Morgan fingerprint density at radius 3 is 2.31 bits per heavy atom. The zero-order valence-electron chi connectivity index (χ0n) is 11.6. The zero-order chi connectivity index (χ0) is 12.6. The molecule has 0 radical (unpaired) electrons. The summed E-state index contributed by atoms with van der Waals surface area (Å²) < 4.78 is 0. The predicted molar refractivity (Wildman–Crippen MR) is 70.2 cm³/mol. The minimum absolute atomic E-state index is 0.190. The van der Waals surface area contributed by atoms with Gasteiger partial charge in [-0.3, -0.25) is 0 Å². The smallest absolute Gasteiger partial charge is 0.0684 e. The van der Waals surface area contributed by atoms with E-state index in [2.05, 4.69) is 32.2 Å². The van der Waals surface area contributed by atoms with Crippen molar-refractivity contribution >= 4 is 0 Å². The molecule has 0 spiro atoms. The molecule has 0 aromatic heterocycles. The highest BCUT2D eigenvalue weighted by atomic mass is 14.9. The van der Waals surface area contributed by atoms with Crippen molar-refractivity contribution in [3.63, 3.8) is 0 Å². The summed E-state index contributed by atoms with van der Waals surface area (Å²) in [6.45, 7) is 11.7. The van der Waals surface area contributed by atoms with Gasteiger partial charge >= 0.3 is 0 Å². The second kappa shape index (κ2) is 7.68. The molecule has 0 bridgehead atoms. The third-order valence-electron chi connectivity index (χ3n) is 2.96. The van der Waals surface area contributed by atoms with Crippen LogP contribution in [0.2, 0.25) is 0 Å².